The summed E-state index contributed by atoms with van der Waals surface area (Å²) in [4.78, 5) is 0. The lowest BCUT2D eigenvalue weighted by Gasteiger charge is -2.36. The average Bonchev–Trinajstić information content (AvgIpc) is 3.25. The van der Waals surface area contributed by atoms with Gasteiger partial charge in [-0.05, 0) is 42.8 Å². The Hall–Kier alpha value is -4.07. The van der Waals surface area contributed by atoms with E-state index in [0.29, 0.717) is 0 Å². The summed E-state index contributed by atoms with van der Waals surface area (Å²) in [6.07, 6.45) is 9.47. The van der Waals surface area contributed by atoms with Crippen LogP contribution in [0.1, 0.15) is 12.0 Å². The molecule has 4 heteroatoms. The molecular weight excluding hydrogens is 459 g/mol. The number of allylic oxidation sites excluding steroid dienone is 4. The molecule has 0 N–H and O–H groups in total. The molecule has 1 aliphatic heterocycles. The van der Waals surface area contributed by atoms with Gasteiger partial charge < -0.3 is 0 Å². The first-order valence-corrected chi connectivity index (χ1v) is 13.9. The largest absolute Gasteiger partial charge is 0.301 e. The summed E-state index contributed by atoms with van der Waals surface area (Å²) in [5.74, 6) is 0.0798. The molecule has 176 valence electrons. The predicted molar refractivity (Wildman–Crippen MR) is 151 cm³/mol. The van der Waals surface area contributed by atoms with E-state index in [1.54, 1.807) is 0 Å². The van der Waals surface area contributed by atoms with Crippen LogP contribution in [0.3, 0.4) is 0 Å². The Morgan fingerprint density at radius 3 is 1.69 bits per heavy atom. The van der Waals surface area contributed by atoms with Gasteiger partial charge in [0.05, 0.1) is 16.7 Å². The van der Waals surface area contributed by atoms with E-state index in [4.69, 9.17) is 0 Å². The van der Waals surface area contributed by atoms with Gasteiger partial charge in [-0.25, -0.2) is 0 Å². The first-order valence-electron chi connectivity index (χ1n) is 12.3. The molecule has 4 aromatic carbocycles. The molecule has 0 spiro atoms. The minimum Gasteiger partial charge on any atom is -0.273 e. The van der Waals surface area contributed by atoms with Crippen molar-refractivity contribution >= 4 is 29.8 Å². The fourth-order valence-electron chi connectivity index (χ4n) is 5.13. The third kappa shape index (κ3) is 3.73. The van der Waals surface area contributed by atoms with Crippen molar-refractivity contribution in [3.63, 3.8) is 0 Å². The van der Waals surface area contributed by atoms with Crippen LogP contribution in [0.25, 0.3) is 5.70 Å². The van der Waals surface area contributed by atoms with E-state index in [9.17, 15) is 0 Å². The van der Waals surface area contributed by atoms with Crippen LogP contribution in [0.15, 0.2) is 151 Å². The molecule has 0 saturated heterocycles. The lowest BCUT2D eigenvalue weighted by Crippen LogP contribution is -2.30. The summed E-state index contributed by atoms with van der Waals surface area (Å²) < 4.78 is 20.1. The molecule has 1 aliphatic carbocycles. The van der Waals surface area contributed by atoms with Crippen LogP contribution in [0.5, 0.6) is 0 Å². The molecule has 0 amide bonds. The van der Waals surface area contributed by atoms with Crippen molar-refractivity contribution in [2.75, 3.05) is 9.34 Å². The van der Waals surface area contributed by atoms with Crippen LogP contribution in [0.4, 0.5) is 11.4 Å². The highest BCUT2D eigenvalue weighted by Gasteiger charge is 2.51. The predicted octanol–water partition coefficient (Wildman–Crippen LogP) is 8.03. The molecular formula is C32H27N2OP. The van der Waals surface area contributed by atoms with E-state index in [2.05, 4.69) is 82.2 Å². The summed E-state index contributed by atoms with van der Waals surface area (Å²) in [5, 5.41) is 0.802. The van der Waals surface area contributed by atoms with Crippen molar-refractivity contribution < 1.29 is 4.57 Å². The number of para-hydroxylation sites is 2. The Morgan fingerprint density at radius 2 is 1.14 bits per heavy atom. The minimum atomic E-state index is -3.40. The van der Waals surface area contributed by atoms with E-state index < -0.39 is 7.44 Å². The molecule has 3 nitrogen and oxygen atoms in total. The Balaban J connectivity index is 1.73. The zero-order valence-corrected chi connectivity index (χ0v) is 20.8. The van der Waals surface area contributed by atoms with Crippen LogP contribution in [-0.4, -0.2) is 0 Å². The zero-order valence-electron chi connectivity index (χ0n) is 19.9. The highest BCUT2D eigenvalue weighted by Crippen LogP contribution is 2.67. The van der Waals surface area contributed by atoms with Crippen molar-refractivity contribution in [2.45, 2.75) is 6.42 Å². The molecule has 2 unspecified atom stereocenters. The third-order valence-corrected chi connectivity index (χ3v) is 9.63. The second-order valence-corrected chi connectivity index (χ2v) is 11.3. The Morgan fingerprint density at radius 1 is 0.611 bits per heavy atom. The van der Waals surface area contributed by atoms with Crippen molar-refractivity contribution in [1.82, 2.24) is 0 Å². The van der Waals surface area contributed by atoms with E-state index in [0.717, 1.165) is 40.1 Å². The van der Waals surface area contributed by atoms with Crippen LogP contribution < -0.4 is 14.6 Å². The summed E-state index contributed by atoms with van der Waals surface area (Å²) in [6, 6.07) is 40.6. The molecule has 0 bridgehead atoms. The average molecular weight is 487 g/mol. The summed E-state index contributed by atoms with van der Waals surface area (Å²) in [5.41, 5.74) is 4.94. The SMILES string of the molecule is O=P1(c2ccccc2)N(c2ccccc2)C(c2ccccc2)=C(C2C=CC=CC2)N1c1ccccc1. The molecule has 0 aromatic heterocycles. The second-order valence-electron chi connectivity index (χ2n) is 8.93. The smallest absolute Gasteiger partial charge is 0.273 e. The maximum absolute atomic E-state index is 15.9. The molecule has 36 heavy (non-hydrogen) atoms. The normalized spacial score (nSPS) is 21.3. The standard InChI is InChI=1S/C32H27N2OP/c35-36(30-24-14-5-15-25-30)33(28-20-10-3-11-21-28)31(26-16-6-1-7-17-26)32(27-18-8-2-9-19-27)34(36)29-22-12-4-13-23-29/h1-18,20-25,27H,19H2. The molecule has 2 aliphatic rings. The monoisotopic (exact) mass is 486 g/mol. The quantitative estimate of drug-likeness (QED) is 0.267. The number of nitrogens with zero attached hydrogens (tertiary/aromatic N) is 2. The fraction of sp³-hybridized carbons (Fsp3) is 0.0625. The number of hydrogen-bond donors (Lipinski definition) is 0. The Kier molecular flexibility index (Phi) is 5.93. The molecule has 4 aromatic rings. The first kappa shape index (κ1) is 22.4. The molecule has 2 atom stereocenters. The maximum atomic E-state index is 15.9. The summed E-state index contributed by atoms with van der Waals surface area (Å²) in [6.45, 7) is 0. The van der Waals surface area contributed by atoms with Gasteiger partial charge in [-0.15, -0.1) is 0 Å². The van der Waals surface area contributed by atoms with E-state index in [-0.39, 0.29) is 5.92 Å². The highest BCUT2D eigenvalue weighted by molar-refractivity contribution is 7.75. The second kappa shape index (κ2) is 9.53. The lowest BCUT2D eigenvalue weighted by atomic mass is 9.93. The summed E-state index contributed by atoms with van der Waals surface area (Å²) >= 11 is 0. The highest BCUT2D eigenvalue weighted by atomic mass is 31.2. The van der Waals surface area contributed by atoms with Crippen molar-refractivity contribution in [3.05, 3.63) is 157 Å². The van der Waals surface area contributed by atoms with Gasteiger partial charge in [-0.3, -0.25) is 13.9 Å². The Bertz CT molecular complexity index is 1480. The van der Waals surface area contributed by atoms with Gasteiger partial charge in [0.15, 0.2) is 0 Å². The van der Waals surface area contributed by atoms with Gasteiger partial charge in [0.1, 0.15) is 0 Å². The molecule has 0 fully saturated rings. The van der Waals surface area contributed by atoms with Crippen LogP contribution in [0, 0.1) is 5.92 Å². The van der Waals surface area contributed by atoms with Crippen molar-refractivity contribution in [1.29, 1.82) is 0 Å². The number of rotatable bonds is 5. The first-order chi connectivity index (χ1) is 17.8. The Labute approximate surface area is 212 Å². The van der Waals surface area contributed by atoms with E-state index in [1.165, 1.54) is 0 Å². The van der Waals surface area contributed by atoms with Gasteiger partial charge in [-0.2, -0.15) is 0 Å². The third-order valence-electron chi connectivity index (χ3n) is 6.70. The van der Waals surface area contributed by atoms with Crippen LogP contribution in [0.2, 0.25) is 0 Å². The summed E-state index contributed by atoms with van der Waals surface area (Å²) in [7, 11) is -3.40. The van der Waals surface area contributed by atoms with Gasteiger partial charge in [0.2, 0.25) is 0 Å². The fourth-order valence-corrected chi connectivity index (χ4v) is 8.25. The van der Waals surface area contributed by atoms with Crippen molar-refractivity contribution in [3.8, 4) is 0 Å². The van der Waals surface area contributed by atoms with E-state index in [1.807, 2.05) is 72.8 Å². The lowest BCUT2D eigenvalue weighted by molar-refractivity contribution is 0.580. The van der Waals surface area contributed by atoms with Crippen LogP contribution in [-0.2, 0) is 4.57 Å². The maximum Gasteiger partial charge on any atom is 0.301 e. The molecule has 0 saturated carbocycles. The van der Waals surface area contributed by atoms with Gasteiger partial charge >= 0.3 is 7.44 Å². The topological polar surface area (TPSA) is 23.6 Å². The number of anilines is 2. The van der Waals surface area contributed by atoms with Gasteiger partial charge in [0, 0.05) is 22.9 Å². The van der Waals surface area contributed by atoms with E-state index >= 15 is 4.57 Å². The molecule has 0 radical (unpaired) electrons. The van der Waals surface area contributed by atoms with Gasteiger partial charge in [-0.1, -0.05) is 109 Å². The number of benzene rings is 4. The minimum absolute atomic E-state index is 0.0798. The van der Waals surface area contributed by atoms with Crippen molar-refractivity contribution in [2.24, 2.45) is 5.92 Å². The molecule has 6 rings (SSSR count). The van der Waals surface area contributed by atoms with Gasteiger partial charge in [0.25, 0.3) is 0 Å². The zero-order chi connectivity index (χ0) is 24.4. The number of hydrogen-bond acceptors (Lipinski definition) is 1. The van der Waals surface area contributed by atoms with Crippen LogP contribution >= 0.6 is 7.44 Å². The molecule has 1 heterocycles.